The molecule has 134 valence electrons. The number of benzene rings is 1. The van der Waals surface area contributed by atoms with E-state index < -0.39 is 0 Å². The molecule has 0 radical (unpaired) electrons. The van der Waals surface area contributed by atoms with E-state index in [1.807, 2.05) is 36.9 Å². The summed E-state index contributed by atoms with van der Waals surface area (Å²) in [5.41, 5.74) is 2.16. The second kappa shape index (κ2) is 10.6. The zero-order valence-electron chi connectivity index (χ0n) is 14.6. The highest BCUT2D eigenvalue weighted by molar-refractivity contribution is 7.99. The SMILES string of the molecule is COCCCOc1cc(C)ccc1CNC(=O)CC1CSCCN1. The number of ether oxygens (including phenoxy) is 2. The van der Waals surface area contributed by atoms with Gasteiger partial charge >= 0.3 is 0 Å². The van der Waals surface area contributed by atoms with Gasteiger partial charge in [-0.2, -0.15) is 11.8 Å². The van der Waals surface area contributed by atoms with Gasteiger partial charge in [0.2, 0.25) is 5.91 Å². The third kappa shape index (κ3) is 6.71. The fraction of sp³-hybridized carbons (Fsp3) is 0.611. The Bertz CT molecular complexity index is 519. The van der Waals surface area contributed by atoms with Crippen molar-refractivity contribution in [3.63, 3.8) is 0 Å². The Morgan fingerprint density at radius 1 is 1.42 bits per heavy atom. The lowest BCUT2D eigenvalue weighted by molar-refractivity contribution is -0.121. The molecule has 6 heteroatoms. The maximum Gasteiger partial charge on any atom is 0.221 e. The van der Waals surface area contributed by atoms with Crippen LogP contribution in [0.25, 0.3) is 0 Å². The summed E-state index contributed by atoms with van der Waals surface area (Å²) in [6, 6.07) is 6.37. The van der Waals surface area contributed by atoms with E-state index in [0.717, 1.165) is 41.3 Å². The number of rotatable bonds is 9. The number of carbonyl (C=O) groups is 1. The van der Waals surface area contributed by atoms with Crippen molar-refractivity contribution in [1.82, 2.24) is 10.6 Å². The third-order valence-corrected chi connectivity index (χ3v) is 5.01. The molecular weight excluding hydrogens is 324 g/mol. The van der Waals surface area contributed by atoms with E-state index in [9.17, 15) is 4.79 Å². The molecule has 1 unspecified atom stereocenters. The molecule has 0 aliphatic carbocycles. The van der Waals surface area contributed by atoms with E-state index in [4.69, 9.17) is 9.47 Å². The first-order valence-electron chi connectivity index (χ1n) is 8.48. The van der Waals surface area contributed by atoms with Crippen LogP contribution in [0.2, 0.25) is 0 Å². The molecule has 1 aromatic carbocycles. The van der Waals surface area contributed by atoms with Gasteiger partial charge in [0.05, 0.1) is 6.61 Å². The fourth-order valence-corrected chi connectivity index (χ4v) is 3.52. The summed E-state index contributed by atoms with van der Waals surface area (Å²) < 4.78 is 10.9. The molecule has 2 rings (SSSR count). The number of hydrogen-bond acceptors (Lipinski definition) is 5. The number of carbonyl (C=O) groups excluding carboxylic acids is 1. The van der Waals surface area contributed by atoms with E-state index >= 15 is 0 Å². The predicted molar refractivity (Wildman–Crippen MR) is 98.7 cm³/mol. The Hall–Kier alpha value is -1.24. The van der Waals surface area contributed by atoms with E-state index in [1.165, 1.54) is 0 Å². The van der Waals surface area contributed by atoms with Crippen LogP contribution in [-0.2, 0) is 16.1 Å². The lowest BCUT2D eigenvalue weighted by atomic mass is 10.1. The predicted octanol–water partition coefficient (Wildman–Crippen LogP) is 2.12. The highest BCUT2D eigenvalue weighted by Crippen LogP contribution is 2.20. The van der Waals surface area contributed by atoms with Gasteiger partial charge < -0.3 is 20.1 Å². The summed E-state index contributed by atoms with van der Waals surface area (Å²) in [5, 5.41) is 6.40. The smallest absolute Gasteiger partial charge is 0.221 e. The van der Waals surface area contributed by atoms with Crippen molar-refractivity contribution in [2.24, 2.45) is 0 Å². The van der Waals surface area contributed by atoms with Crippen LogP contribution in [0.5, 0.6) is 5.75 Å². The first-order chi connectivity index (χ1) is 11.7. The van der Waals surface area contributed by atoms with Gasteiger partial charge in [0.1, 0.15) is 5.75 Å². The van der Waals surface area contributed by atoms with Gasteiger partial charge in [-0.25, -0.2) is 0 Å². The summed E-state index contributed by atoms with van der Waals surface area (Å²) in [6.07, 6.45) is 1.38. The van der Waals surface area contributed by atoms with Crippen molar-refractivity contribution in [3.8, 4) is 5.75 Å². The van der Waals surface area contributed by atoms with E-state index in [0.29, 0.717) is 26.2 Å². The lowest BCUT2D eigenvalue weighted by Crippen LogP contribution is -2.41. The number of aryl methyl sites for hydroxylation is 1. The van der Waals surface area contributed by atoms with Gasteiger partial charge in [0, 0.05) is 62.8 Å². The van der Waals surface area contributed by atoms with E-state index in [1.54, 1.807) is 7.11 Å². The molecule has 1 saturated heterocycles. The van der Waals surface area contributed by atoms with Crippen LogP contribution >= 0.6 is 11.8 Å². The zero-order chi connectivity index (χ0) is 17.2. The van der Waals surface area contributed by atoms with Gasteiger partial charge in [0.15, 0.2) is 0 Å². The molecule has 0 aromatic heterocycles. The summed E-state index contributed by atoms with van der Waals surface area (Å²) in [7, 11) is 1.69. The Kier molecular flexibility index (Phi) is 8.42. The van der Waals surface area contributed by atoms with Crippen LogP contribution in [0.3, 0.4) is 0 Å². The molecule has 0 bridgehead atoms. The first kappa shape index (κ1) is 19.1. The number of methoxy groups -OCH3 is 1. The molecule has 1 aliphatic heterocycles. The minimum Gasteiger partial charge on any atom is -0.493 e. The van der Waals surface area contributed by atoms with Crippen molar-refractivity contribution in [2.45, 2.75) is 32.4 Å². The van der Waals surface area contributed by atoms with Crippen molar-refractivity contribution in [1.29, 1.82) is 0 Å². The Morgan fingerprint density at radius 2 is 2.29 bits per heavy atom. The average Bonchev–Trinajstić information content (AvgIpc) is 2.59. The number of thioether (sulfide) groups is 1. The molecule has 24 heavy (non-hydrogen) atoms. The maximum atomic E-state index is 12.1. The average molecular weight is 353 g/mol. The molecule has 0 saturated carbocycles. The third-order valence-electron chi connectivity index (χ3n) is 3.88. The van der Waals surface area contributed by atoms with Crippen molar-refractivity contribution >= 4 is 17.7 Å². The van der Waals surface area contributed by atoms with Gasteiger partial charge in [0.25, 0.3) is 0 Å². The van der Waals surface area contributed by atoms with Crippen molar-refractivity contribution < 1.29 is 14.3 Å². The van der Waals surface area contributed by atoms with Crippen LogP contribution in [-0.4, -0.2) is 50.3 Å². The van der Waals surface area contributed by atoms with Crippen molar-refractivity contribution in [3.05, 3.63) is 29.3 Å². The van der Waals surface area contributed by atoms with Crippen LogP contribution in [0.4, 0.5) is 0 Å². The molecule has 0 spiro atoms. The molecule has 1 atom stereocenters. The number of hydrogen-bond donors (Lipinski definition) is 2. The lowest BCUT2D eigenvalue weighted by Gasteiger charge is -2.22. The largest absolute Gasteiger partial charge is 0.493 e. The minimum atomic E-state index is 0.0842. The van der Waals surface area contributed by atoms with E-state index in [-0.39, 0.29) is 11.9 Å². The summed E-state index contributed by atoms with van der Waals surface area (Å²) in [5.74, 6) is 3.07. The molecule has 2 N–H and O–H groups in total. The fourth-order valence-electron chi connectivity index (χ4n) is 2.57. The van der Waals surface area contributed by atoms with Crippen LogP contribution in [0.1, 0.15) is 24.0 Å². The van der Waals surface area contributed by atoms with Gasteiger partial charge in [-0.05, 0) is 18.6 Å². The molecule has 1 aliphatic rings. The van der Waals surface area contributed by atoms with Gasteiger partial charge in [-0.1, -0.05) is 12.1 Å². The molecule has 1 fully saturated rings. The maximum absolute atomic E-state index is 12.1. The van der Waals surface area contributed by atoms with Gasteiger partial charge in [-0.3, -0.25) is 4.79 Å². The molecule has 1 heterocycles. The highest BCUT2D eigenvalue weighted by atomic mass is 32.2. The standard InChI is InChI=1S/C18H28N2O3S/c1-14-4-5-15(17(10-14)23-8-3-7-22-2)12-20-18(21)11-16-13-24-9-6-19-16/h4-5,10,16,19H,3,6-9,11-13H2,1-2H3,(H,20,21). The van der Waals surface area contributed by atoms with Crippen LogP contribution in [0, 0.1) is 6.92 Å². The number of nitrogens with one attached hydrogen (secondary N) is 2. The first-order valence-corrected chi connectivity index (χ1v) is 9.63. The van der Waals surface area contributed by atoms with Crippen LogP contribution in [0.15, 0.2) is 18.2 Å². The molecule has 1 aromatic rings. The quantitative estimate of drug-likeness (QED) is 0.667. The van der Waals surface area contributed by atoms with Crippen molar-refractivity contribution in [2.75, 3.05) is 38.4 Å². The molecule has 1 amide bonds. The van der Waals surface area contributed by atoms with E-state index in [2.05, 4.69) is 10.6 Å². The molecule has 5 nitrogen and oxygen atoms in total. The second-order valence-corrected chi connectivity index (χ2v) is 7.16. The Morgan fingerprint density at radius 3 is 3.04 bits per heavy atom. The Balaban J connectivity index is 1.82. The second-order valence-electron chi connectivity index (χ2n) is 6.01. The van der Waals surface area contributed by atoms with Gasteiger partial charge in [-0.15, -0.1) is 0 Å². The molecular formula is C18H28N2O3S. The summed E-state index contributed by atoms with van der Waals surface area (Å²) in [6.45, 7) is 4.82. The summed E-state index contributed by atoms with van der Waals surface area (Å²) >= 11 is 1.90. The Labute approximate surface area is 148 Å². The van der Waals surface area contributed by atoms with Crippen LogP contribution < -0.4 is 15.4 Å². The minimum absolute atomic E-state index is 0.0842. The zero-order valence-corrected chi connectivity index (χ0v) is 15.4. The normalized spacial score (nSPS) is 17.5. The monoisotopic (exact) mass is 352 g/mol. The number of amides is 1. The topological polar surface area (TPSA) is 59.6 Å². The summed E-state index contributed by atoms with van der Waals surface area (Å²) in [4.78, 5) is 12.1. The highest BCUT2D eigenvalue weighted by Gasteiger charge is 2.16.